The van der Waals surface area contributed by atoms with E-state index in [1.165, 1.54) is 12.1 Å². The third-order valence-electron chi connectivity index (χ3n) is 4.30. The first kappa shape index (κ1) is 17.9. The van der Waals surface area contributed by atoms with Crippen molar-refractivity contribution < 1.29 is 13.6 Å². The van der Waals surface area contributed by atoms with Crippen molar-refractivity contribution in [2.45, 2.75) is 6.42 Å². The summed E-state index contributed by atoms with van der Waals surface area (Å²) in [6.45, 7) is 5.36. The fourth-order valence-electron chi connectivity index (χ4n) is 2.91. The molecule has 1 saturated heterocycles. The average Bonchev–Trinajstić information content (AvgIpc) is 3.06. The van der Waals surface area contributed by atoms with E-state index in [9.17, 15) is 9.18 Å². The number of carbonyl (C=O) groups is 1. The molecule has 2 aromatic rings. The molecule has 0 aliphatic carbocycles. The van der Waals surface area contributed by atoms with E-state index in [1.807, 2.05) is 12.1 Å². The van der Waals surface area contributed by atoms with Crippen molar-refractivity contribution in [3.63, 3.8) is 0 Å². The van der Waals surface area contributed by atoms with E-state index < -0.39 is 0 Å². The summed E-state index contributed by atoms with van der Waals surface area (Å²) in [5.74, 6) is -0.0713. The molecule has 0 radical (unpaired) electrons. The van der Waals surface area contributed by atoms with Crippen molar-refractivity contribution >= 4 is 27.5 Å². The molecule has 1 fully saturated rings. The summed E-state index contributed by atoms with van der Waals surface area (Å²) >= 11 is 3.18. The Bertz CT molecular complexity index is 697. The molecular formula is C18H21BrFN3O2. The van der Waals surface area contributed by atoms with Crippen molar-refractivity contribution in [1.82, 2.24) is 10.2 Å². The first-order valence-corrected chi connectivity index (χ1v) is 9.17. The normalized spacial score (nSPS) is 15.4. The van der Waals surface area contributed by atoms with E-state index in [0.29, 0.717) is 17.0 Å². The van der Waals surface area contributed by atoms with Crippen LogP contribution in [0.3, 0.4) is 0 Å². The Morgan fingerprint density at radius 3 is 2.48 bits per heavy atom. The number of amides is 1. The van der Waals surface area contributed by atoms with Crippen LogP contribution in [0.25, 0.3) is 0 Å². The topological polar surface area (TPSA) is 48.7 Å². The van der Waals surface area contributed by atoms with E-state index in [4.69, 9.17) is 4.42 Å². The van der Waals surface area contributed by atoms with Gasteiger partial charge in [0.25, 0.3) is 5.91 Å². The van der Waals surface area contributed by atoms with Gasteiger partial charge in [0.2, 0.25) is 0 Å². The number of nitrogens with one attached hydrogen (secondary N) is 1. The standard InChI is InChI=1S/C18H21BrFN3O2/c19-17-7-6-16(25-17)18(24)21-8-1-9-22-10-12-23(13-11-22)15-4-2-14(20)3-5-15/h2-7H,1,8-13H2,(H,21,24). The van der Waals surface area contributed by atoms with Gasteiger partial charge in [0.15, 0.2) is 10.4 Å². The minimum atomic E-state index is -0.202. The Kier molecular flexibility index (Phi) is 6.09. The fourth-order valence-corrected chi connectivity index (χ4v) is 3.22. The molecule has 1 aromatic heterocycles. The molecule has 0 atom stereocenters. The van der Waals surface area contributed by atoms with Crippen molar-refractivity contribution in [3.8, 4) is 0 Å². The van der Waals surface area contributed by atoms with Gasteiger partial charge in [-0.3, -0.25) is 9.69 Å². The zero-order valence-corrected chi connectivity index (χ0v) is 15.5. The van der Waals surface area contributed by atoms with Gasteiger partial charge in [-0.1, -0.05) is 0 Å². The highest BCUT2D eigenvalue weighted by atomic mass is 79.9. The van der Waals surface area contributed by atoms with Gasteiger partial charge in [-0.2, -0.15) is 0 Å². The second-order valence-corrected chi connectivity index (χ2v) is 6.80. The lowest BCUT2D eigenvalue weighted by Gasteiger charge is -2.36. The summed E-state index contributed by atoms with van der Waals surface area (Å²) < 4.78 is 18.8. The number of carbonyl (C=O) groups excluding carboxylic acids is 1. The predicted molar refractivity (Wildman–Crippen MR) is 98.4 cm³/mol. The van der Waals surface area contributed by atoms with Crippen LogP contribution in [0, 0.1) is 5.82 Å². The molecule has 0 bridgehead atoms. The van der Waals surface area contributed by atoms with E-state index in [-0.39, 0.29) is 11.7 Å². The number of rotatable bonds is 6. The summed E-state index contributed by atoms with van der Waals surface area (Å²) in [4.78, 5) is 16.5. The van der Waals surface area contributed by atoms with E-state index in [2.05, 4.69) is 31.0 Å². The maximum atomic E-state index is 13.0. The van der Waals surface area contributed by atoms with Gasteiger partial charge >= 0.3 is 0 Å². The van der Waals surface area contributed by atoms with Gasteiger partial charge in [0.05, 0.1) is 0 Å². The maximum Gasteiger partial charge on any atom is 0.287 e. The third-order valence-corrected chi connectivity index (χ3v) is 4.72. The number of piperazine rings is 1. The van der Waals surface area contributed by atoms with E-state index in [1.54, 1.807) is 12.1 Å². The van der Waals surface area contributed by atoms with Crippen LogP contribution < -0.4 is 10.2 Å². The number of furan rings is 1. The molecule has 2 heterocycles. The van der Waals surface area contributed by atoms with E-state index >= 15 is 0 Å². The summed E-state index contributed by atoms with van der Waals surface area (Å²) in [6.07, 6.45) is 0.893. The molecule has 25 heavy (non-hydrogen) atoms. The lowest BCUT2D eigenvalue weighted by molar-refractivity contribution is 0.0922. The summed E-state index contributed by atoms with van der Waals surface area (Å²) in [6, 6.07) is 10.0. The van der Waals surface area contributed by atoms with Crippen LogP contribution in [0.1, 0.15) is 17.0 Å². The molecule has 1 aliphatic rings. The minimum Gasteiger partial charge on any atom is -0.444 e. The number of hydrogen-bond acceptors (Lipinski definition) is 4. The largest absolute Gasteiger partial charge is 0.444 e. The Hall–Kier alpha value is -1.86. The molecule has 0 spiro atoms. The van der Waals surface area contributed by atoms with Crippen molar-refractivity contribution in [2.24, 2.45) is 0 Å². The Morgan fingerprint density at radius 2 is 1.84 bits per heavy atom. The molecule has 0 saturated carbocycles. The number of hydrogen-bond donors (Lipinski definition) is 1. The number of halogens is 2. The first-order valence-electron chi connectivity index (χ1n) is 8.38. The second-order valence-electron chi connectivity index (χ2n) is 6.02. The lowest BCUT2D eigenvalue weighted by atomic mass is 10.2. The van der Waals surface area contributed by atoms with Gasteiger partial charge in [-0.25, -0.2) is 4.39 Å². The second kappa shape index (κ2) is 8.49. The molecule has 1 aromatic carbocycles. The number of anilines is 1. The van der Waals surface area contributed by atoms with Gasteiger partial charge in [0.1, 0.15) is 5.82 Å². The number of benzene rings is 1. The molecule has 1 N–H and O–H groups in total. The van der Waals surface area contributed by atoms with Gasteiger partial charge < -0.3 is 14.6 Å². The molecule has 1 aliphatic heterocycles. The molecule has 7 heteroatoms. The summed E-state index contributed by atoms with van der Waals surface area (Å²) in [5, 5.41) is 2.87. The molecule has 5 nitrogen and oxygen atoms in total. The maximum absolute atomic E-state index is 13.0. The van der Waals surface area contributed by atoms with Crippen molar-refractivity contribution in [2.75, 3.05) is 44.2 Å². The SMILES string of the molecule is O=C(NCCCN1CCN(c2ccc(F)cc2)CC1)c1ccc(Br)o1. The van der Waals surface area contributed by atoms with Crippen molar-refractivity contribution in [1.29, 1.82) is 0 Å². The molecule has 1 amide bonds. The zero-order valence-electron chi connectivity index (χ0n) is 13.9. The lowest BCUT2D eigenvalue weighted by Crippen LogP contribution is -2.47. The first-order chi connectivity index (χ1) is 12.1. The highest BCUT2D eigenvalue weighted by Crippen LogP contribution is 2.17. The Labute approximate surface area is 154 Å². The molecule has 0 unspecified atom stereocenters. The zero-order chi connectivity index (χ0) is 17.6. The van der Waals surface area contributed by atoms with Crippen LogP contribution in [0.15, 0.2) is 45.5 Å². The van der Waals surface area contributed by atoms with Crippen LogP contribution >= 0.6 is 15.9 Å². The summed E-state index contributed by atoms with van der Waals surface area (Å²) in [5.41, 5.74) is 1.07. The molecular weight excluding hydrogens is 389 g/mol. The number of nitrogens with zero attached hydrogens (tertiary/aromatic N) is 2. The monoisotopic (exact) mass is 409 g/mol. The van der Waals surface area contributed by atoms with Crippen LogP contribution in [-0.2, 0) is 0 Å². The molecule has 134 valence electrons. The predicted octanol–water partition coefficient (Wildman–Crippen LogP) is 3.12. The average molecular weight is 410 g/mol. The van der Waals surface area contributed by atoms with Gasteiger partial charge in [-0.05, 0) is 65.3 Å². The van der Waals surface area contributed by atoms with E-state index in [0.717, 1.165) is 44.8 Å². The van der Waals surface area contributed by atoms with Crippen LogP contribution in [0.2, 0.25) is 0 Å². The highest BCUT2D eigenvalue weighted by molar-refractivity contribution is 9.10. The molecule has 3 rings (SSSR count). The minimum absolute atomic E-state index is 0.188. The summed E-state index contributed by atoms with van der Waals surface area (Å²) in [7, 11) is 0. The van der Waals surface area contributed by atoms with Gasteiger partial charge in [-0.15, -0.1) is 0 Å². The van der Waals surface area contributed by atoms with Crippen molar-refractivity contribution in [3.05, 3.63) is 52.6 Å². The fraction of sp³-hybridized carbons (Fsp3) is 0.389. The van der Waals surface area contributed by atoms with Crippen LogP contribution in [-0.4, -0.2) is 50.1 Å². The van der Waals surface area contributed by atoms with Crippen LogP contribution in [0.4, 0.5) is 10.1 Å². The smallest absolute Gasteiger partial charge is 0.287 e. The third kappa shape index (κ3) is 5.06. The Balaban J connectivity index is 1.34. The highest BCUT2D eigenvalue weighted by Gasteiger charge is 2.17. The Morgan fingerprint density at radius 1 is 1.12 bits per heavy atom. The van der Waals surface area contributed by atoms with Gasteiger partial charge in [0, 0.05) is 38.4 Å². The quantitative estimate of drug-likeness (QED) is 0.744. The van der Waals surface area contributed by atoms with Crippen LogP contribution in [0.5, 0.6) is 0 Å².